The van der Waals surface area contributed by atoms with Crippen LogP contribution in [0.25, 0.3) is 0 Å². The van der Waals surface area contributed by atoms with Crippen LogP contribution in [-0.4, -0.2) is 31.8 Å². The van der Waals surface area contributed by atoms with Gasteiger partial charge in [-0.3, -0.25) is 4.90 Å². The number of rotatable bonds is 4. The van der Waals surface area contributed by atoms with Crippen molar-refractivity contribution in [3.8, 4) is 0 Å². The van der Waals surface area contributed by atoms with E-state index < -0.39 is 11.7 Å². The molecule has 1 rings (SSSR count). The molecular weight excluding hydrogens is 247 g/mol. The molecule has 0 saturated heterocycles. The zero-order valence-electron chi connectivity index (χ0n) is 11.9. The van der Waals surface area contributed by atoms with Crippen LogP contribution < -0.4 is 10.2 Å². The minimum Gasteiger partial charge on any atom is -0.443 e. The van der Waals surface area contributed by atoms with Crippen molar-refractivity contribution in [2.75, 3.05) is 25.0 Å². The number of likely N-dealkylation sites (N-methyl/N-ethyl adjacent to an activating group) is 1. The summed E-state index contributed by atoms with van der Waals surface area (Å²) in [6, 6.07) is 5.92. The average Bonchev–Trinajstić information content (AvgIpc) is 2.27. The summed E-state index contributed by atoms with van der Waals surface area (Å²) in [5.74, 6) is -0.379. The maximum atomic E-state index is 13.3. The Morgan fingerprint density at radius 2 is 2.11 bits per heavy atom. The fourth-order valence-corrected chi connectivity index (χ4v) is 1.51. The monoisotopic (exact) mass is 268 g/mol. The van der Waals surface area contributed by atoms with E-state index in [1.54, 1.807) is 40.0 Å². The summed E-state index contributed by atoms with van der Waals surface area (Å²) in [5, 5.41) is 2.96. The fraction of sp³-hybridized carbons (Fsp3) is 0.500. The Hall–Kier alpha value is -1.62. The van der Waals surface area contributed by atoms with E-state index in [0.29, 0.717) is 18.8 Å². The molecule has 0 spiro atoms. The Balaban J connectivity index is 2.91. The lowest BCUT2D eigenvalue weighted by atomic mass is 10.2. The molecule has 0 unspecified atom stereocenters. The Morgan fingerprint density at radius 3 is 2.63 bits per heavy atom. The number of nitrogens with one attached hydrogen (secondary N) is 1. The molecular formula is C14H21FN2O2. The first kappa shape index (κ1) is 15.4. The van der Waals surface area contributed by atoms with Gasteiger partial charge in [0.05, 0.1) is 0 Å². The lowest BCUT2D eigenvalue weighted by Crippen LogP contribution is -2.40. The van der Waals surface area contributed by atoms with Gasteiger partial charge in [0.25, 0.3) is 0 Å². The first-order chi connectivity index (χ1) is 8.83. The van der Waals surface area contributed by atoms with E-state index in [-0.39, 0.29) is 5.82 Å². The van der Waals surface area contributed by atoms with Crippen LogP contribution in [0.4, 0.5) is 14.9 Å². The predicted octanol–water partition coefficient (Wildman–Crippen LogP) is 2.79. The van der Waals surface area contributed by atoms with E-state index in [4.69, 9.17) is 4.74 Å². The number of halogens is 1. The SMILES string of the molecule is CNCCN(C(=O)OC(C)(C)C)c1cccc(F)c1. The van der Waals surface area contributed by atoms with Crippen molar-refractivity contribution in [3.05, 3.63) is 30.1 Å². The van der Waals surface area contributed by atoms with Gasteiger partial charge in [-0.05, 0) is 46.0 Å². The van der Waals surface area contributed by atoms with Gasteiger partial charge in [-0.25, -0.2) is 9.18 Å². The molecule has 19 heavy (non-hydrogen) atoms. The third-order valence-electron chi connectivity index (χ3n) is 2.32. The molecule has 0 saturated carbocycles. The average molecular weight is 268 g/mol. The van der Waals surface area contributed by atoms with Crippen molar-refractivity contribution >= 4 is 11.8 Å². The van der Waals surface area contributed by atoms with Crippen LogP contribution in [-0.2, 0) is 4.74 Å². The van der Waals surface area contributed by atoms with Crippen molar-refractivity contribution in [3.63, 3.8) is 0 Å². The predicted molar refractivity (Wildman–Crippen MR) is 73.9 cm³/mol. The van der Waals surface area contributed by atoms with E-state index >= 15 is 0 Å². The van der Waals surface area contributed by atoms with Crippen LogP contribution in [0.5, 0.6) is 0 Å². The lowest BCUT2D eigenvalue weighted by Gasteiger charge is -2.27. The molecule has 1 aromatic rings. The Kier molecular flexibility index (Phi) is 5.30. The van der Waals surface area contributed by atoms with Gasteiger partial charge in [0, 0.05) is 18.8 Å². The first-order valence-electron chi connectivity index (χ1n) is 6.24. The van der Waals surface area contributed by atoms with Gasteiger partial charge in [-0.15, -0.1) is 0 Å². The van der Waals surface area contributed by atoms with Crippen LogP contribution in [0.2, 0.25) is 0 Å². The summed E-state index contributed by atoms with van der Waals surface area (Å²) < 4.78 is 18.6. The number of carbonyl (C=O) groups excluding carboxylic acids is 1. The third kappa shape index (κ3) is 5.26. The highest BCUT2D eigenvalue weighted by molar-refractivity contribution is 5.87. The van der Waals surface area contributed by atoms with Crippen LogP contribution >= 0.6 is 0 Å². The highest BCUT2D eigenvalue weighted by Gasteiger charge is 2.23. The zero-order chi connectivity index (χ0) is 14.5. The number of nitrogens with zero attached hydrogens (tertiary/aromatic N) is 1. The standard InChI is InChI=1S/C14H21FN2O2/c1-14(2,3)19-13(18)17(9-8-16-4)12-7-5-6-11(15)10-12/h5-7,10,16H,8-9H2,1-4H3. The summed E-state index contributed by atoms with van der Waals surface area (Å²) in [4.78, 5) is 13.6. The second kappa shape index (κ2) is 6.52. The molecule has 0 fully saturated rings. The number of amides is 1. The van der Waals surface area contributed by atoms with Gasteiger partial charge in [0.2, 0.25) is 0 Å². The summed E-state index contributed by atoms with van der Waals surface area (Å²) in [5.41, 5.74) is -0.0908. The number of hydrogen-bond donors (Lipinski definition) is 1. The highest BCUT2D eigenvalue weighted by atomic mass is 19.1. The van der Waals surface area contributed by atoms with Crippen molar-refractivity contribution in [1.82, 2.24) is 5.32 Å². The van der Waals surface area contributed by atoms with Crippen LogP contribution in [0, 0.1) is 5.82 Å². The second-order valence-corrected chi connectivity index (χ2v) is 5.22. The maximum absolute atomic E-state index is 13.3. The largest absolute Gasteiger partial charge is 0.443 e. The molecule has 0 bridgehead atoms. The van der Waals surface area contributed by atoms with Gasteiger partial charge in [-0.1, -0.05) is 6.07 Å². The van der Waals surface area contributed by atoms with E-state index in [1.807, 2.05) is 0 Å². The van der Waals surface area contributed by atoms with Gasteiger partial charge < -0.3 is 10.1 Å². The summed E-state index contributed by atoms with van der Waals surface area (Å²) in [7, 11) is 1.79. The molecule has 5 heteroatoms. The number of benzene rings is 1. The molecule has 4 nitrogen and oxygen atoms in total. The molecule has 0 radical (unpaired) electrons. The molecule has 1 amide bonds. The van der Waals surface area contributed by atoms with Crippen LogP contribution in [0.3, 0.4) is 0 Å². The minimum absolute atomic E-state index is 0.379. The smallest absolute Gasteiger partial charge is 0.414 e. The lowest BCUT2D eigenvalue weighted by molar-refractivity contribution is 0.0581. The maximum Gasteiger partial charge on any atom is 0.414 e. The summed E-state index contributed by atoms with van der Waals surface area (Å²) in [6.45, 7) is 6.40. The number of ether oxygens (including phenoxy) is 1. The van der Waals surface area contributed by atoms with Crippen molar-refractivity contribution < 1.29 is 13.9 Å². The van der Waals surface area contributed by atoms with Gasteiger partial charge in [0.1, 0.15) is 11.4 Å². The van der Waals surface area contributed by atoms with Crippen molar-refractivity contribution in [2.45, 2.75) is 26.4 Å². The van der Waals surface area contributed by atoms with Gasteiger partial charge in [0.15, 0.2) is 0 Å². The zero-order valence-corrected chi connectivity index (χ0v) is 11.9. The van der Waals surface area contributed by atoms with Gasteiger partial charge in [-0.2, -0.15) is 0 Å². The summed E-state index contributed by atoms with van der Waals surface area (Å²) in [6.07, 6.45) is -0.478. The first-order valence-corrected chi connectivity index (χ1v) is 6.24. The van der Waals surface area contributed by atoms with Crippen LogP contribution in [0.1, 0.15) is 20.8 Å². The summed E-state index contributed by atoms with van der Waals surface area (Å²) >= 11 is 0. The molecule has 0 atom stereocenters. The molecule has 0 heterocycles. The minimum atomic E-state index is -0.581. The normalized spacial score (nSPS) is 11.2. The molecule has 106 valence electrons. The second-order valence-electron chi connectivity index (χ2n) is 5.22. The molecule has 0 aliphatic carbocycles. The highest BCUT2D eigenvalue weighted by Crippen LogP contribution is 2.18. The van der Waals surface area contributed by atoms with Crippen LogP contribution in [0.15, 0.2) is 24.3 Å². The Labute approximate surface area is 113 Å². The van der Waals surface area contributed by atoms with E-state index in [2.05, 4.69) is 5.32 Å². The quantitative estimate of drug-likeness (QED) is 0.913. The van der Waals surface area contributed by atoms with E-state index in [1.165, 1.54) is 17.0 Å². The third-order valence-corrected chi connectivity index (χ3v) is 2.32. The van der Waals surface area contributed by atoms with E-state index in [9.17, 15) is 9.18 Å². The molecule has 1 aromatic carbocycles. The number of carbonyl (C=O) groups is 1. The van der Waals surface area contributed by atoms with Gasteiger partial charge >= 0.3 is 6.09 Å². The Bertz CT molecular complexity index is 430. The Morgan fingerprint density at radius 1 is 1.42 bits per heavy atom. The van der Waals surface area contributed by atoms with E-state index in [0.717, 1.165) is 0 Å². The van der Waals surface area contributed by atoms with Crippen molar-refractivity contribution in [1.29, 1.82) is 0 Å². The number of anilines is 1. The number of hydrogen-bond acceptors (Lipinski definition) is 3. The molecule has 1 N–H and O–H groups in total. The van der Waals surface area contributed by atoms with Crippen molar-refractivity contribution in [2.24, 2.45) is 0 Å². The molecule has 0 aromatic heterocycles. The topological polar surface area (TPSA) is 41.6 Å². The molecule has 0 aliphatic heterocycles. The molecule has 0 aliphatic rings. The fourth-order valence-electron chi connectivity index (χ4n) is 1.51.